The monoisotopic (exact) mass is 372 g/mol. The molecule has 0 aliphatic carbocycles. The second-order valence-corrected chi connectivity index (χ2v) is 8.42. The fraction of sp³-hybridized carbons (Fsp3) is 0.391. The largest absolute Gasteiger partial charge is 0.332 e. The number of benzene rings is 1. The summed E-state index contributed by atoms with van der Waals surface area (Å²) in [5, 5.41) is 0. The van der Waals surface area contributed by atoms with E-state index in [1.807, 2.05) is 35.0 Å². The molecule has 142 valence electrons. The van der Waals surface area contributed by atoms with E-state index in [0.29, 0.717) is 29.6 Å². The van der Waals surface area contributed by atoms with Gasteiger partial charge in [-0.3, -0.25) is 9.69 Å². The SMILES string of the molecule is O=C(c1cn2ccccc2n1)N1C[C@H](c2ccccc2)[C@H]2[C@@H]1C1CCN2CC1. The number of imidazole rings is 1. The summed E-state index contributed by atoms with van der Waals surface area (Å²) in [6.07, 6.45) is 6.24. The van der Waals surface area contributed by atoms with E-state index in [0.717, 1.165) is 12.2 Å². The van der Waals surface area contributed by atoms with Crippen LogP contribution in [-0.4, -0.2) is 56.8 Å². The van der Waals surface area contributed by atoms with Gasteiger partial charge >= 0.3 is 0 Å². The minimum Gasteiger partial charge on any atom is -0.332 e. The third-order valence-corrected chi connectivity index (χ3v) is 7.07. The van der Waals surface area contributed by atoms with Crippen molar-refractivity contribution < 1.29 is 4.79 Å². The zero-order valence-electron chi connectivity index (χ0n) is 15.8. The van der Waals surface area contributed by atoms with Crippen molar-refractivity contribution in [2.75, 3.05) is 19.6 Å². The summed E-state index contributed by atoms with van der Waals surface area (Å²) in [4.78, 5) is 23.0. The number of rotatable bonds is 2. The molecule has 0 N–H and O–H groups in total. The third-order valence-electron chi connectivity index (χ3n) is 7.07. The lowest BCUT2D eigenvalue weighted by Gasteiger charge is -2.51. The van der Waals surface area contributed by atoms with Crippen LogP contribution in [0.15, 0.2) is 60.9 Å². The first kappa shape index (κ1) is 16.3. The van der Waals surface area contributed by atoms with Crippen molar-refractivity contribution in [3.8, 4) is 0 Å². The summed E-state index contributed by atoms with van der Waals surface area (Å²) in [5.74, 6) is 1.09. The number of amides is 1. The number of carbonyl (C=O) groups is 1. The number of nitrogens with zero attached hydrogens (tertiary/aromatic N) is 4. The normalized spacial score (nSPS) is 31.3. The van der Waals surface area contributed by atoms with E-state index < -0.39 is 0 Å². The highest BCUT2D eigenvalue weighted by atomic mass is 16.2. The van der Waals surface area contributed by atoms with Crippen LogP contribution in [0.1, 0.15) is 34.8 Å². The van der Waals surface area contributed by atoms with Crippen molar-refractivity contribution >= 4 is 11.6 Å². The number of pyridine rings is 1. The summed E-state index contributed by atoms with van der Waals surface area (Å²) in [7, 11) is 0. The molecule has 6 heterocycles. The molecule has 5 nitrogen and oxygen atoms in total. The van der Waals surface area contributed by atoms with E-state index in [1.165, 1.54) is 31.5 Å². The van der Waals surface area contributed by atoms with Crippen LogP contribution in [0.2, 0.25) is 0 Å². The average Bonchev–Trinajstić information content (AvgIpc) is 3.38. The Balaban J connectivity index is 1.39. The van der Waals surface area contributed by atoms with Gasteiger partial charge in [-0.25, -0.2) is 4.98 Å². The minimum atomic E-state index is 0.0888. The second-order valence-electron chi connectivity index (χ2n) is 8.42. The molecule has 0 spiro atoms. The fourth-order valence-corrected chi connectivity index (χ4v) is 5.83. The van der Waals surface area contributed by atoms with E-state index in [4.69, 9.17) is 0 Å². The van der Waals surface area contributed by atoms with Crippen molar-refractivity contribution in [1.82, 2.24) is 19.2 Å². The zero-order chi connectivity index (χ0) is 18.7. The van der Waals surface area contributed by atoms with Crippen molar-refractivity contribution in [3.63, 3.8) is 0 Å². The van der Waals surface area contributed by atoms with Gasteiger partial charge in [0, 0.05) is 30.9 Å². The fourth-order valence-electron chi connectivity index (χ4n) is 5.83. The number of carbonyl (C=O) groups excluding carboxylic acids is 1. The molecule has 4 fully saturated rings. The predicted molar refractivity (Wildman–Crippen MR) is 107 cm³/mol. The lowest BCUT2D eigenvalue weighted by Crippen LogP contribution is -2.60. The van der Waals surface area contributed by atoms with Gasteiger partial charge in [0.1, 0.15) is 11.3 Å². The molecule has 3 aromatic rings. The van der Waals surface area contributed by atoms with Gasteiger partial charge in [-0.05, 0) is 49.5 Å². The van der Waals surface area contributed by atoms with Crippen molar-refractivity contribution in [3.05, 3.63) is 72.2 Å². The summed E-state index contributed by atoms with van der Waals surface area (Å²) >= 11 is 0. The number of hydrogen-bond acceptors (Lipinski definition) is 3. The van der Waals surface area contributed by atoms with E-state index in [1.54, 1.807) is 0 Å². The highest BCUT2D eigenvalue weighted by Gasteiger charge is 2.54. The van der Waals surface area contributed by atoms with E-state index in [9.17, 15) is 4.79 Å². The summed E-state index contributed by atoms with van der Waals surface area (Å²) in [5.41, 5.74) is 2.75. The van der Waals surface area contributed by atoms with Crippen molar-refractivity contribution in [1.29, 1.82) is 0 Å². The lowest BCUT2D eigenvalue weighted by molar-refractivity contribution is -0.00356. The van der Waals surface area contributed by atoms with Gasteiger partial charge in [-0.15, -0.1) is 0 Å². The molecular weight excluding hydrogens is 348 g/mol. The van der Waals surface area contributed by atoms with Crippen LogP contribution in [0.5, 0.6) is 0 Å². The predicted octanol–water partition coefficient (Wildman–Crippen LogP) is 3.04. The van der Waals surface area contributed by atoms with Gasteiger partial charge in [-0.2, -0.15) is 0 Å². The number of likely N-dealkylation sites (tertiary alicyclic amines) is 1. The summed E-state index contributed by atoms with van der Waals surface area (Å²) in [6.45, 7) is 3.14. The average molecular weight is 372 g/mol. The van der Waals surface area contributed by atoms with Crippen molar-refractivity contribution in [2.45, 2.75) is 30.8 Å². The van der Waals surface area contributed by atoms with Crippen LogP contribution in [-0.2, 0) is 0 Å². The molecule has 0 saturated carbocycles. The Bertz CT molecular complexity index is 988. The Morgan fingerprint density at radius 1 is 0.964 bits per heavy atom. The molecule has 0 radical (unpaired) electrons. The Kier molecular flexibility index (Phi) is 3.60. The van der Waals surface area contributed by atoms with Gasteiger partial charge in [0.25, 0.3) is 5.91 Å². The highest BCUT2D eigenvalue weighted by Crippen LogP contribution is 2.46. The Morgan fingerprint density at radius 3 is 2.54 bits per heavy atom. The number of aromatic nitrogens is 2. The molecule has 5 heteroatoms. The summed E-state index contributed by atoms with van der Waals surface area (Å²) < 4.78 is 1.94. The number of piperidine rings is 3. The van der Waals surface area contributed by atoms with Gasteiger partial charge in [0.05, 0.1) is 6.04 Å². The minimum absolute atomic E-state index is 0.0888. The molecule has 7 rings (SSSR count). The number of fused-ring (bicyclic) bond motifs is 3. The van der Waals surface area contributed by atoms with E-state index in [-0.39, 0.29) is 5.91 Å². The maximum absolute atomic E-state index is 13.6. The van der Waals surface area contributed by atoms with Crippen LogP contribution >= 0.6 is 0 Å². The molecule has 3 atom stereocenters. The van der Waals surface area contributed by atoms with Crippen LogP contribution in [0.25, 0.3) is 5.65 Å². The molecular formula is C23H24N4O. The van der Waals surface area contributed by atoms with Crippen LogP contribution in [0.4, 0.5) is 0 Å². The molecule has 4 aliphatic heterocycles. The smallest absolute Gasteiger partial charge is 0.274 e. The van der Waals surface area contributed by atoms with Crippen LogP contribution in [0.3, 0.4) is 0 Å². The molecule has 4 aliphatic rings. The van der Waals surface area contributed by atoms with E-state index >= 15 is 0 Å². The molecule has 0 unspecified atom stereocenters. The van der Waals surface area contributed by atoms with Gasteiger partial charge in [0.15, 0.2) is 0 Å². The first-order chi connectivity index (χ1) is 13.8. The Labute approximate surface area is 164 Å². The quantitative estimate of drug-likeness (QED) is 0.694. The van der Waals surface area contributed by atoms with Crippen LogP contribution < -0.4 is 0 Å². The van der Waals surface area contributed by atoms with Crippen molar-refractivity contribution in [2.24, 2.45) is 5.92 Å². The molecule has 2 bridgehead atoms. The Hall–Kier alpha value is -2.66. The molecule has 28 heavy (non-hydrogen) atoms. The molecule has 1 aromatic carbocycles. The molecule has 2 aromatic heterocycles. The number of hydrogen-bond donors (Lipinski definition) is 0. The Morgan fingerprint density at radius 2 is 1.75 bits per heavy atom. The second kappa shape index (κ2) is 6.17. The molecule has 1 amide bonds. The standard InChI is InChI=1S/C23H24N4O/c28-23(19-15-26-11-5-4-8-20(26)24-19)27-14-18(16-6-2-1-3-7-16)22-21(27)17-9-12-25(22)13-10-17/h1-8,11,15,17-18,21-22H,9-10,12-14H2/t18-,21+,22+/m1/s1. The highest BCUT2D eigenvalue weighted by molar-refractivity contribution is 5.93. The first-order valence-corrected chi connectivity index (χ1v) is 10.3. The zero-order valence-corrected chi connectivity index (χ0v) is 15.8. The lowest BCUT2D eigenvalue weighted by atomic mass is 9.75. The van der Waals surface area contributed by atoms with E-state index in [2.05, 4.69) is 45.1 Å². The molecule has 4 saturated heterocycles. The van der Waals surface area contributed by atoms with Gasteiger partial charge in [0.2, 0.25) is 0 Å². The topological polar surface area (TPSA) is 40.9 Å². The third kappa shape index (κ3) is 2.35. The van der Waals surface area contributed by atoms with Gasteiger partial charge < -0.3 is 9.30 Å². The summed E-state index contributed by atoms with van der Waals surface area (Å²) in [6, 6.07) is 17.4. The van der Waals surface area contributed by atoms with Crippen LogP contribution in [0, 0.1) is 5.92 Å². The maximum Gasteiger partial charge on any atom is 0.274 e. The maximum atomic E-state index is 13.6. The van der Waals surface area contributed by atoms with Gasteiger partial charge in [-0.1, -0.05) is 36.4 Å². The first-order valence-electron chi connectivity index (χ1n) is 10.3.